The molecular formula is C26H36F3N3O6S. The predicted molar refractivity (Wildman–Crippen MR) is 138 cm³/mol. The Morgan fingerprint density at radius 1 is 1.10 bits per heavy atom. The van der Waals surface area contributed by atoms with Gasteiger partial charge < -0.3 is 20.3 Å². The SMILES string of the molecule is CCS(=O)(=O)C[C@@H]1C[C@H](NC(=O)OC(C)(C)C)CC[C@@H]1N1CC[C@H](NC(=O)c2cccc(C(F)(F)F)c2)C1=O. The van der Waals surface area contributed by atoms with Gasteiger partial charge in [-0.2, -0.15) is 13.2 Å². The zero-order valence-electron chi connectivity index (χ0n) is 22.5. The van der Waals surface area contributed by atoms with Gasteiger partial charge in [-0.25, -0.2) is 13.2 Å². The number of halogens is 3. The standard InChI is InChI=1S/C26H36F3N3O6S/c1-5-39(36,37)15-17-14-19(30-24(35)38-25(2,3)4)9-10-21(17)32-12-11-20(23(32)34)31-22(33)16-7-6-8-18(13-16)26(27,28)29/h6-8,13,17,19-21H,5,9-12,14-15H2,1-4H3,(H,30,35)(H,31,33)/t17-,19+,20-,21-/m0/s1. The third-order valence-electron chi connectivity index (χ3n) is 6.97. The Bertz CT molecular complexity index is 1180. The number of benzene rings is 1. The highest BCUT2D eigenvalue weighted by atomic mass is 32.2. The average molecular weight is 576 g/mol. The minimum atomic E-state index is -4.61. The molecule has 0 aromatic heterocycles. The monoisotopic (exact) mass is 575 g/mol. The van der Waals surface area contributed by atoms with Crippen LogP contribution in [0.4, 0.5) is 18.0 Å². The van der Waals surface area contributed by atoms with Gasteiger partial charge in [0, 0.05) is 29.9 Å². The van der Waals surface area contributed by atoms with E-state index in [9.17, 15) is 36.0 Å². The van der Waals surface area contributed by atoms with Crippen molar-refractivity contribution in [3.05, 3.63) is 35.4 Å². The van der Waals surface area contributed by atoms with E-state index in [1.807, 2.05) is 0 Å². The molecule has 2 fully saturated rings. The Hall–Kier alpha value is -2.83. The van der Waals surface area contributed by atoms with Crippen molar-refractivity contribution in [1.29, 1.82) is 0 Å². The van der Waals surface area contributed by atoms with Crippen molar-refractivity contribution in [2.24, 2.45) is 5.92 Å². The highest BCUT2D eigenvalue weighted by Crippen LogP contribution is 2.33. The molecule has 1 aliphatic carbocycles. The van der Waals surface area contributed by atoms with Crippen LogP contribution >= 0.6 is 0 Å². The van der Waals surface area contributed by atoms with Gasteiger partial charge in [0.15, 0.2) is 0 Å². The summed E-state index contributed by atoms with van der Waals surface area (Å²) in [6.07, 6.45) is -3.71. The van der Waals surface area contributed by atoms with Crippen LogP contribution in [0.2, 0.25) is 0 Å². The van der Waals surface area contributed by atoms with Crippen LogP contribution in [0.25, 0.3) is 0 Å². The van der Waals surface area contributed by atoms with Crippen LogP contribution in [0.5, 0.6) is 0 Å². The zero-order valence-corrected chi connectivity index (χ0v) is 23.3. The first kappa shape index (κ1) is 30.7. The quantitative estimate of drug-likeness (QED) is 0.513. The van der Waals surface area contributed by atoms with Gasteiger partial charge in [-0.3, -0.25) is 9.59 Å². The Morgan fingerprint density at radius 3 is 2.41 bits per heavy atom. The number of nitrogens with zero attached hydrogens (tertiary/aromatic N) is 1. The number of likely N-dealkylation sites (tertiary alicyclic amines) is 1. The van der Waals surface area contributed by atoms with Crippen LogP contribution in [0.1, 0.15) is 69.3 Å². The molecule has 39 heavy (non-hydrogen) atoms. The topological polar surface area (TPSA) is 122 Å². The first-order chi connectivity index (χ1) is 18.0. The molecule has 9 nitrogen and oxygen atoms in total. The van der Waals surface area contributed by atoms with E-state index in [1.165, 1.54) is 6.07 Å². The van der Waals surface area contributed by atoms with Gasteiger partial charge in [-0.1, -0.05) is 13.0 Å². The maximum Gasteiger partial charge on any atom is 0.416 e. The highest BCUT2D eigenvalue weighted by molar-refractivity contribution is 7.91. The number of amides is 3. The molecule has 1 aromatic rings. The number of carbonyl (C=O) groups is 3. The van der Waals surface area contributed by atoms with Crippen LogP contribution in [-0.4, -0.2) is 73.0 Å². The number of nitrogens with one attached hydrogen (secondary N) is 2. The summed E-state index contributed by atoms with van der Waals surface area (Å²) in [5.41, 5.74) is -1.87. The lowest BCUT2D eigenvalue weighted by molar-refractivity contribution is -0.137. The van der Waals surface area contributed by atoms with Gasteiger partial charge in [0.05, 0.1) is 11.3 Å². The number of ether oxygens (including phenoxy) is 1. The average Bonchev–Trinajstić information content (AvgIpc) is 3.17. The second-order valence-electron chi connectivity index (χ2n) is 11.1. The first-order valence-corrected chi connectivity index (χ1v) is 14.8. The molecule has 0 spiro atoms. The molecule has 2 N–H and O–H groups in total. The minimum absolute atomic E-state index is 0.0655. The van der Waals surface area contributed by atoms with Crippen molar-refractivity contribution in [3.63, 3.8) is 0 Å². The third-order valence-corrected chi connectivity index (χ3v) is 8.78. The smallest absolute Gasteiger partial charge is 0.416 e. The summed E-state index contributed by atoms with van der Waals surface area (Å²) in [7, 11) is -3.41. The molecule has 13 heteroatoms. The molecule has 1 aliphatic heterocycles. The number of sulfone groups is 1. The minimum Gasteiger partial charge on any atom is -0.444 e. The van der Waals surface area contributed by atoms with E-state index in [0.29, 0.717) is 19.3 Å². The van der Waals surface area contributed by atoms with Crippen molar-refractivity contribution in [1.82, 2.24) is 15.5 Å². The van der Waals surface area contributed by atoms with Crippen molar-refractivity contribution in [2.45, 2.75) is 83.3 Å². The summed E-state index contributed by atoms with van der Waals surface area (Å²) in [6, 6.07) is 2.27. The number of alkyl halides is 3. The van der Waals surface area contributed by atoms with E-state index < -0.39 is 63.1 Å². The summed E-state index contributed by atoms with van der Waals surface area (Å²) in [5.74, 6) is -1.88. The number of rotatable bonds is 7. The fraction of sp³-hybridized carbons (Fsp3) is 0.654. The lowest BCUT2D eigenvalue weighted by Crippen LogP contribution is -2.53. The van der Waals surface area contributed by atoms with E-state index in [1.54, 1.807) is 32.6 Å². The summed E-state index contributed by atoms with van der Waals surface area (Å²) in [4.78, 5) is 39.8. The number of carbonyl (C=O) groups excluding carboxylic acids is 3. The molecule has 0 unspecified atom stereocenters. The fourth-order valence-corrected chi connectivity index (χ4v) is 6.38. The molecule has 1 heterocycles. The van der Waals surface area contributed by atoms with E-state index >= 15 is 0 Å². The first-order valence-electron chi connectivity index (χ1n) is 13.0. The fourth-order valence-electron chi connectivity index (χ4n) is 5.13. The summed E-state index contributed by atoms with van der Waals surface area (Å²) in [6.45, 7) is 7.03. The van der Waals surface area contributed by atoms with E-state index in [0.717, 1.165) is 18.2 Å². The van der Waals surface area contributed by atoms with E-state index in [2.05, 4.69) is 10.6 Å². The maximum atomic E-state index is 13.3. The molecule has 0 radical (unpaired) electrons. The Kier molecular flexibility index (Phi) is 9.24. The van der Waals surface area contributed by atoms with Crippen LogP contribution in [0, 0.1) is 5.92 Å². The Balaban J connectivity index is 1.70. The largest absolute Gasteiger partial charge is 0.444 e. The van der Waals surface area contributed by atoms with Crippen LogP contribution in [-0.2, 0) is 25.5 Å². The van der Waals surface area contributed by atoms with Gasteiger partial charge >= 0.3 is 12.3 Å². The molecular weight excluding hydrogens is 539 g/mol. The van der Waals surface area contributed by atoms with Crippen molar-refractivity contribution in [2.75, 3.05) is 18.1 Å². The number of hydrogen-bond acceptors (Lipinski definition) is 6. The summed E-state index contributed by atoms with van der Waals surface area (Å²) < 4.78 is 69.5. The second-order valence-corrected chi connectivity index (χ2v) is 13.5. The summed E-state index contributed by atoms with van der Waals surface area (Å²) in [5, 5.41) is 5.34. The molecule has 3 rings (SSSR count). The number of alkyl carbamates (subject to hydrolysis) is 1. The molecule has 1 saturated carbocycles. The van der Waals surface area contributed by atoms with Crippen LogP contribution in [0.3, 0.4) is 0 Å². The Labute approximate surface area is 226 Å². The lowest BCUT2D eigenvalue weighted by Gasteiger charge is -2.41. The molecule has 218 valence electrons. The predicted octanol–water partition coefficient (Wildman–Crippen LogP) is 3.53. The normalized spacial score (nSPS) is 24.4. The van der Waals surface area contributed by atoms with Gasteiger partial charge in [0.1, 0.15) is 21.5 Å². The van der Waals surface area contributed by atoms with E-state index in [-0.39, 0.29) is 36.1 Å². The zero-order chi connectivity index (χ0) is 29.2. The summed E-state index contributed by atoms with van der Waals surface area (Å²) >= 11 is 0. The van der Waals surface area contributed by atoms with Crippen molar-refractivity contribution in [3.8, 4) is 0 Å². The van der Waals surface area contributed by atoms with Gasteiger partial charge in [0.2, 0.25) is 5.91 Å². The molecule has 1 saturated heterocycles. The van der Waals surface area contributed by atoms with Gasteiger partial charge in [-0.05, 0) is 70.6 Å². The second kappa shape index (κ2) is 11.7. The molecule has 2 aliphatic rings. The van der Waals surface area contributed by atoms with Crippen LogP contribution in [0.15, 0.2) is 24.3 Å². The molecule has 0 bridgehead atoms. The van der Waals surface area contributed by atoms with Crippen molar-refractivity contribution < 1.29 is 40.7 Å². The van der Waals surface area contributed by atoms with Gasteiger partial charge in [-0.15, -0.1) is 0 Å². The molecule has 1 aromatic carbocycles. The van der Waals surface area contributed by atoms with E-state index in [4.69, 9.17) is 4.74 Å². The molecule has 3 amide bonds. The van der Waals surface area contributed by atoms with Gasteiger partial charge in [0.25, 0.3) is 5.91 Å². The lowest BCUT2D eigenvalue weighted by atomic mass is 9.81. The maximum absolute atomic E-state index is 13.3. The van der Waals surface area contributed by atoms with Crippen molar-refractivity contribution >= 4 is 27.7 Å². The Morgan fingerprint density at radius 2 is 1.79 bits per heavy atom. The van der Waals surface area contributed by atoms with Crippen LogP contribution < -0.4 is 10.6 Å². The molecule has 4 atom stereocenters. The number of hydrogen-bond donors (Lipinski definition) is 2. The third kappa shape index (κ3) is 8.33. The highest BCUT2D eigenvalue weighted by Gasteiger charge is 2.43.